The molecule has 0 bridgehead atoms. The Kier molecular flexibility index (Phi) is 46.9. The van der Waals surface area contributed by atoms with E-state index >= 15 is 0 Å². The molecule has 0 spiro atoms. The minimum atomic E-state index is -1.71. The summed E-state index contributed by atoms with van der Waals surface area (Å²) in [6.45, 7) is 3.65. The lowest BCUT2D eigenvalue weighted by Gasteiger charge is -2.42. The molecular formula is C65H114O14. The minimum absolute atomic E-state index is 0.0492. The van der Waals surface area contributed by atoms with Gasteiger partial charge in [-0.15, -0.1) is 0 Å². The second-order valence-electron chi connectivity index (χ2n) is 21.9. The Hall–Kier alpha value is -2.57. The van der Waals surface area contributed by atoms with Crippen molar-refractivity contribution in [2.24, 2.45) is 0 Å². The van der Waals surface area contributed by atoms with Gasteiger partial charge in [-0.05, 0) is 89.9 Å². The molecule has 14 heteroatoms. The first-order valence-corrected chi connectivity index (χ1v) is 31.5. The van der Waals surface area contributed by atoms with Crippen molar-refractivity contribution in [3.05, 3.63) is 72.9 Å². The van der Waals surface area contributed by atoms with Gasteiger partial charge in [0, 0.05) is 13.0 Å². The number of carbonyl (C=O) groups is 1. The summed E-state index contributed by atoms with van der Waals surface area (Å²) in [5.74, 6) is -0.390. The van der Waals surface area contributed by atoms with Gasteiger partial charge < -0.3 is 64.2 Å². The van der Waals surface area contributed by atoms with E-state index in [1.54, 1.807) is 0 Å². The lowest BCUT2D eigenvalue weighted by Crippen LogP contribution is -2.61. The van der Waals surface area contributed by atoms with E-state index in [9.17, 15) is 40.5 Å². The van der Waals surface area contributed by atoms with Crippen LogP contribution in [0.3, 0.4) is 0 Å². The minimum Gasteiger partial charge on any atom is -0.457 e. The molecule has 0 saturated carbocycles. The molecule has 79 heavy (non-hydrogen) atoms. The Balaban J connectivity index is 1.70. The highest BCUT2D eigenvalue weighted by atomic mass is 16.7. The molecule has 0 aromatic rings. The van der Waals surface area contributed by atoms with E-state index in [0.29, 0.717) is 13.0 Å². The van der Waals surface area contributed by atoms with Gasteiger partial charge in [0.1, 0.15) is 54.9 Å². The lowest BCUT2D eigenvalue weighted by molar-refractivity contribution is -0.332. The van der Waals surface area contributed by atoms with Crippen molar-refractivity contribution in [1.82, 2.24) is 0 Å². The Morgan fingerprint density at radius 1 is 0.418 bits per heavy atom. The van der Waals surface area contributed by atoms with Crippen LogP contribution in [-0.4, -0.2) is 142 Å². The van der Waals surface area contributed by atoms with Crippen LogP contribution < -0.4 is 0 Å². The van der Waals surface area contributed by atoms with E-state index in [2.05, 4.69) is 86.8 Å². The quantitative estimate of drug-likeness (QED) is 0.0172. The number of rotatable bonds is 51. The molecule has 2 fully saturated rings. The molecule has 0 amide bonds. The maximum absolute atomic E-state index is 13.1. The zero-order chi connectivity index (χ0) is 57.2. The third-order valence-electron chi connectivity index (χ3n) is 14.7. The monoisotopic (exact) mass is 1120 g/mol. The summed E-state index contributed by atoms with van der Waals surface area (Å²) >= 11 is 0. The second kappa shape index (κ2) is 51.1. The fourth-order valence-corrected chi connectivity index (χ4v) is 9.59. The SMILES string of the molecule is CCCCCCC/C=C\C/C=C\C/C=C\CCCCCCCCCCCOCC(COC1OC(COC2OC(CO)C(O)C(O)C2O)C(O)C(O)C1O)OC(=O)CCCCCCCC/C=C\C/C=C\C/C=C\CCCCCCC. The highest BCUT2D eigenvalue weighted by Gasteiger charge is 2.47. The van der Waals surface area contributed by atoms with Crippen LogP contribution in [0.4, 0.5) is 0 Å². The van der Waals surface area contributed by atoms with Gasteiger partial charge in [-0.1, -0.05) is 209 Å². The van der Waals surface area contributed by atoms with Crippen LogP contribution in [0.15, 0.2) is 72.9 Å². The fraction of sp³-hybridized carbons (Fsp3) is 0.800. The summed E-state index contributed by atoms with van der Waals surface area (Å²) in [6.07, 6.45) is 49.5. The van der Waals surface area contributed by atoms with Gasteiger partial charge in [0.2, 0.25) is 0 Å². The van der Waals surface area contributed by atoms with E-state index in [-0.39, 0.29) is 19.6 Å². The number of hydrogen-bond donors (Lipinski definition) is 7. The Morgan fingerprint density at radius 3 is 1.23 bits per heavy atom. The molecule has 0 radical (unpaired) electrons. The first-order valence-electron chi connectivity index (χ1n) is 31.5. The zero-order valence-electron chi connectivity index (χ0n) is 49.3. The number of unbranched alkanes of at least 4 members (excludes halogenated alkanes) is 25. The number of aliphatic hydroxyl groups is 7. The first-order chi connectivity index (χ1) is 38.6. The number of ether oxygens (including phenoxy) is 6. The van der Waals surface area contributed by atoms with E-state index in [1.807, 2.05) is 0 Å². The van der Waals surface area contributed by atoms with Crippen LogP contribution in [0.5, 0.6) is 0 Å². The largest absolute Gasteiger partial charge is 0.457 e. The third kappa shape index (κ3) is 37.3. The molecule has 0 aromatic carbocycles. The third-order valence-corrected chi connectivity index (χ3v) is 14.7. The van der Waals surface area contributed by atoms with Crippen molar-refractivity contribution in [3.8, 4) is 0 Å². The predicted octanol–water partition coefficient (Wildman–Crippen LogP) is 12.2. The van der Waals surface area contributed by atoms with Crippen molar-refractivity contribution in [1.29, 1.82) is 0 Å². The van der Waals surface area contributed by atoms with Gasteiger partial charge >= 0.3 is 5.97 Å². The van der Waals surface area contributed by atoms with Crippen molar-refractivity contribution < 1.29 is 69.0 Å². The average molecular weight is 1120 g/mol. The molecule has 458 valence electrons. The molecule has 7 N–H and O–H groups in total. The first kappa shape index (κ1) is 72.5. The topological polar surface area (TPSA) is 214 Å². The summed E-state index contributed by atoms with van der Waals surface area (Å²) < 4.78 is 34.4. The number of allylic oxidation sites excluding steroid dienone is 12. The van der Waals surface area contributed by atoms with Crippen molar-refractivity contribution in [2.45, 2.75) is 300 Å². The van der Waals surface area contributed by atoms with E-state index < -0.39 is 86.7 Å². The zero-order valence-corrected chi connectivity index (χ0v) is 49.3. The fourth-order valence-electron chi connectivity index (χ4n) is 9.59. The van der Waals surface area contributed by atoms with Gasteiger partial charge in [0.05, 0.1) is 26.4 Å². The molecule has 2 aliphatic rings. The van der Waals surface area contributed by atoms with E-state index in [4.69, 9.17) is 28.4 Å². The van der Waals surface area contributed by atoms with Crippen LogP contribution in [0, 0.1) is 0 Å². The van der Waals surface area contributed by atoms with Crippen molar-refractivity contribution in [2.75, 3.05) is 33.0 Å². The highest BCUT2D eigenvalue weighted by Crippen LogP contribution is 2.27. The van der Waals surface area contributed by atoms with Crippen LogP contribution in [-0.2, 0) is 33.2 Å². The van der Waals surface area contributed by atoms with Gasteiger partial charge in [-0.2, -0.15) is 0 Å². The maximum Gasteiger partial charge on any atom is 0.306 e. The molecule has 0 aromatic heterocycles. The molecule has 2 heterocycles. The van der Waals surface area contributed by atoms with Gasteiger partial charge in [0.25, 0.3) is 0 Å². The Labute approximate surface area is 478 Å². The summed E-state index contributed by atoms with van der Waals surface area (Å²) in [4.78, 5) is 13.1. The van der Waals surface area contributed by atoms with Crippen LogP contribution >= 0.6 is 0 Å². The van der Waals surface area contributed by atoms with Gasteiger partial charge in [0.15, 0.2) is 12.6 Å². The summed E-state index contributed by atoms with van der Waals surface area (Å²) in [6, 6.07) is 0. The van der Waals surface area contributed by atoms with Gasteiger partial charge in [-0.25, -0.2) is 0 Å². The molecule has 2 rings (SSSR count). The maximum atomic E-state index is 13.1. The molecule has 0 aliphatic carbocycles. The van der Waals surface area contributed by atoms with E-state index in [0.717, 1.165) is 89.9 Å². The second-order valence-corrected chi connectivity index (χ2v) is 21.9. The van der Waals surface area contributed by atoms with Crippen LogP contribution in [0.25, 0.3) is 0 Å². The molecule has 14 nitrogen and oxygen atoms in total. The highest BCUT2D eigenvalue weighted by molar-refractivity contribution is 5.69. The normalized spacial score (nSPS) is 24.5. The van der Waals surface area contributed by atoms with Crippen molar-refractivity contribution in [3.63, 3.8) is 0 Å². The Morgan fingerprint density at radius 2 is 0.785 bits per heavy atom. The van der Waals surface area contributed by atoms with Crippen LogP contribution in [0.1, 0.15) is 232 Å². The number of esters is 1. The molecule has 2 aliphatic heterocycles. The summed E-state index contributed by atoms with van der Waals surface area (Å²) in [5, 5.41) is 72.5. The number of hydrogen-bond acceptors (Lipinski definition) is 14. The van der Waals surface area contributed by atoms with E-state index in [1.165, 1.54) is 116 Å². The molecule has 2 saturated heterocycles. The molecule has 11 unspecified atom stereocenters. The number of carbonyl (C=O) groups excluding carboxylic acids is 1. The predicted molar refractivity (Wildman–Crippen MR) is 316 cm³/mol. The number of aliphatic hydroxyl groups excluding tert-OH is 7. The van der Waals surface area contributed by atoms with Crippen molar-refractivity contribution >= 4 is 5.97 Å². The Bertz CT molecular complexity index is 1580. The lowest BCUT2D eigenvalue weighted by atomic mass is 9.98. The standard InChI is InChI=1S/C65H114O14/c1-3-5-7-9-11-13-15-17-19-21-23-25-26-27-29-31-33-35-37-39-41-43-45-47-49-74-51-54(52-75-64-63(73)61(71)59(69)56(79-64)53-76-65-62(72)60(70)58(68)55(50-66)78-65)77-57(67)48-46-44-42-40-38-36-34-32-30-28-24-22-20-18-16-14-12-10-8-6-4-2/h15-18,21-24,26-27,30,32,54-56,58-66,68-73H,3-14,19-20,25,28-29,31,33-53H2,1-2H3/b17-15-,18-16-,23-21-,24-22-,27-26-,32-30-. The van der Waals surface area contributed by atoms with Crippen LogP contribution in [0.2, 0.25) is 0 Å². The molecular weight excluding hydrogens is 1000 g/mol. The smallest absolute Gasteiger partial charge is 0.306 e. The summed E-state index contributed by atoms with van der Waals surface area (Å²) in [7, 11) is 0. The molecule has 11 atom stereocenters. The average Bonchev–Trinajstić information content (AvgIpc) is 3.46. The van der Waals surface area contributed by atoms with Gasteiger partial charge in [-0.3, -0.25) is 4.79 Å². The summed E-state index contributed by atoms with van der Waals surface area (Å²) in [5.41, 5.74) is 0.